The van der Waals surface area contributed by atoms with Crippen molar-refractivity contribution in [2.75, 3.05) is 4.90 Å². The van der Waals surface area contributed by atoms with Crippen LogP contribution in [0.2, 0.25) is 5.02 Å². The lowest BCUT2D eigenvalue weighted by Crippen LogP contribution is -2.39. The Morgan fingerprint density at radius 3 is 2.88 bits per heavy atom. The number of imide groups is 1. The van der Waals surface area contributed by atoms with Crippen LogP contribution in [0.25, 0.3) is 10.6 Å². The minimum Gasteiger partial charge on any atom is -0.370 e. The molecule has 0 unspecified atom stereocenters. The van der Waals surface area contributed by atoms with Crippen molar-refractivity contribution >= 4 is 40.4 Å². The molecule has 3 saturated heterocycles. The minimum absolute atomic E-state index is 0.137. The second-order valence-corrected chi connectivity index (χ2v) is 8.33. The third-order valence-electron chi connectivity index (χ3n) is 5.63. The maximum atomic E-state index is 13.0. The highest BCUT2D eigenvalue weighted by Crippen LogP contribution is 2.55. The summed E-state index contributed by atoms with van der Waals surface area (Å²) in [6.07, 6.45) is 3.25. The number of anilines is 1. The molecule has 0 radical (unpaired) electrons. The molecule has 2 amide bonds. The maximum absolute atomic E-state index is 13.0. The molecule has 1 aromatic carbocycles. The lowest BCUT2D eigenvalue weighted by atomic mass is 9.74. The van der Waals surface area contributed by atoms with Crippen molar-refractivity contribution in [3.05, 3.63) is 34.8 Å². The van der Waals surface area contributed by atoms with Crippen molar-refractivity contribution in [2.24, 2.45) is 11.8 Å². The minimum atomic E-state index is -0.512. The van der Waals surface area contributed by atoms with Crippen molar-refractivity contribution in [3.8, 4) is 10.6 Å². The van der Waals surface area contributed by atoms with Crippen molar-refractivity contribution in [1.82, 2.24) is 4.98 Å². The Hall–Kier alpha value is -1.76. The molecule has 0 aliphatic carbocycles. The van der Waals surface area contributed by atoms with Crippen LogP contribution in [0.5, 0.6) is 0 Å². The summed E-state index contributed by atoms with van der Waals surface area (Å²) in [4.78, 5) is 31.5. The first-order chi connectivity index (χ1) is 12.0. The molecule has 2 aromatic rings. The van der Waals surface area contributed by atoms with Gasteiger partial charge < -0.3 is 4.74 Å². The zero-order valence-electron chi connectivity index (χ0n) is 13.4. The van der Waals surface area contributed by atoms with E-state index in [2.05, 4.69) is 4.98 Å². The van der Waals surface area contributed by atoms with Crippen molar-refractivity contribution < 1.29 is 14.3 Å². The zero-order valence-corrected chi connectivity index (χ0v) is 15.0. The molecule has 0 N–H and O–H groups in total. The first-order valence-corrected chi connectivity index (χ1v) is 9.50. The Kier molecular flexibility index (Phi) is 3.18. The summed E-state index contributed by atoms with van der Waals surface area (Å²) in [5.41, 5.74) is 0.814. The van der Waals surface area contributed by atoms with Gasteiger partial charge in [-0.1, -0.05) is 11.6 Å². The smallest absolute Gasteiger partial charge is 0.240 e. The fourth-order valence-corrected chi connectivity index (χ4v) is 5.51. The van der Waals surface area contributed by atoms with Gasteiger partial charge in [0.2, 0.25) is 11.8 Å². The molecule has 3 aliphatic heterocycles. The number of carbonyl (C=O) groups is 2. The van der Waals surface area contributed by atoms with Gasteiger partial charge >= 0.3 is 0 Å². The normalized spacial score (nSPS) is 33.4. The topological polar surface area (TPSA) is 59.5 Å². The summed E-state index contributed by atoms with van der Waals surface area (Å²) in [7, 11) is 0. The van der Waals surface area contributed by atoms with E-state index < -0.39 is 5.60 Å². The number of carbonyl (C=O) groups excluding carboxylic acids is 2. The fraction of sp³-hybridized carbons (Fsp3) is 0.389. The van der Waals surface area contributed by atoms with Crippen LogP contribution in [0, 0.1) is 11.8 Å². The molecule has 5 rings (SSSR count). The van der Waals surface area contributed by atoms with E-state index in [0.29, 0.717) is 10.7 Å². The molecule has 5 nitrogen and oxygen atoms in total. The van der Waals surface area contributed by atoms with Gasteiger partial charge in [-0.2, -0.15) is 0 Å². The molecule has 0 spiro atoms. The Balaban J connectivity index is 1.53. The first kappa shape index (κ1) is 15.5. The summed E-state index contributed by atoms with van der Waals surface area (Å²) in [5, 5.41) is 3.17. The summed E-state index contributed by atoms with van der Waals surface area (Å²) in [6.45, 7) is 1.95. The molecule has 2 bridgehead atoms. The molecule has 4 atom stereocenters. The monoisotopic (exact) mass is 374 g/mol. The quantitative estimate of drug-likeness (QED) is 0.754. The van der Waals surface area contributed by atoms with E-state index in [9.17, 15) is 9.59 Å². The van der Waals surface area contributed by atoms with Gasteiger partial charge in [0, 0.05) is 17.1 Å². The van der Waals surface area contributed by atoms with Gasteiger partial charge in [-0.05, 0) is 38.0 Å². The second-order valence-electron chi connectivity index (χ2n) is 7.02. The number of fused-ring (bicyclic) bond motifs is 5. The average Bonchev–Trinajstić information content (AvgIpc) is 3.31. The summed E-state index contributed by atoms with van der Waals surface area (Å²) in [6, 6.07) is 5.27. The van der Waals surface area contributed by atoms with Gasteiger partial charge in [0.15, 0.2) is 0 Å². The third-order valence-corrected chi connectivity index (χ3v) is 6.75. The molecule has 3 aliphatic rings. The standard InChI is InChI=1S/C18H15ClN2O3S/c1-18-5-4-12(24-18)13-14(18)17(23)21(16(13)22)9-2-3-10(11(19)8-9)15-20-6-7-25-15/h2-3,6-8,12-14H,4-5H2,1H3/t12-,13+,14-,18+/m0/s1. The number of hydrogen-bond donors (Lipinski definition) is 0. The average molecular weight is 375 g/mol. The highest BCUT2D eigenvalue weighted by Gasteiger charge is 2.67. The molecular weight excluding hydrogens is 360 g/mol. The van der Waals surface area contributed by atoms with Gasteiger partial charge in [0.1, 0.15) is 5.01 Å². The Morgan fingerprint density at radius 1 is 1.36 bits per heavy atom. The number of halogens is 1. The third kappa shape index (κ3) is 2.02. The molecule has 0 saturated carbocycles. The SMILES string of the molecule is C[C@]12CC[C@H](O1)[C@H]1C(=O)N(c3ccc(-c4nccs4)c(Cl)c3)C(=O)[C@H]12. The van der Waals surface area contributed by atoms with Gasteiger partial charge in [-0.25, -0.2) is 9.88 Å². The number of ether oxygens (including phenoxy) is 1. The lowest BCUT2D eigenvalue weighted by molar-refractivity contribution is -0.126. The molecular formula is C18H15ClN2O3S. The molecule has 3 fully saturated rings. The van der Waals surface area contributed by atoms with Crippen LogP contribution in [0.4, 0.5) is 5.69 Å². The summed E-state index contributed by atoms with van der Waals surface area (Å²) < 4.78 is 5.94. The molecule has 4 heterocycles. The zero-order chi connectivity index (χ0) is 17.3. The van der Waals surface area contributed by atoms with Gasteiger partial charge in [-0.15, -0.1) is 11.3 Å². The van der Waals surface area contributed by atoms with Crippen LogP contribution in [-0.2, 0) is 14.3 Å². The second kappa shape index (κ2) is 5.13. The molecule has 25 heavy (non-hydrogen) atoms. The van der Waals surface area contributed by atoms with E-state index in [1.54, 1.807) is 18.3 Å². The van der Waals surface area contributed by atoms with E-state index in [1.807, 2.05) is 18.4 Å². The predicted molar refractivity (Wildman–Crippen MR) is 94.5 cm³/mol. The number of hydrogen-bond acceptors (Lipinski definition) is 5. The highest BCUT2D eigenvalue weighted by atomic mass is 35.5. The number of thiazole rings is 1. The van der Waals surface area contributed by atoms with Gasteiger partial charge in [-0.3, -0.25) is 9.59 Å². The van der Waals surface area contributed by atoms with E-state index >= 15 is 0 Å². The van der Waals surface area contributed by atoms with E-state index in [0.717, 1.165) is 23.4 Å². The highest BCUT2D eigenvalue weighted by molar-refractivity contribution is 7.13. The van der Waals surface area contributed by atoms with Gasteiger partial charge in [0.25, 0.3) is 0 Å². The van der Waals surface area contributed by atoms with Crippen molar-refractivity contribution in [2.45, 2.75) is 31.5 Å². The van der Waals surface area contributed by atoms with Crippen LogP contribution < -0.4 is 4.90 Å². The van der Waals surface area contributed by atoms with Crippen LogP contribution in [-0.4, -0.2) is 28.5 Å². The van der Waals surface area contributed by atoms with E-state index in [4.69, 9.17) is 16.3 Å². The number of aromatic nitrogens is 1. The molecule has 128 valence electrons. The molecule has 7 heteroatoms. The Labute approximate surface area is 153 Å². The van der Waals surface area contributed by atoms with Crippen LogP contribution in [0.1, 0.15) is 19.8 Å². The summed E-state index contributed by atoms with van der Waals surface area (Å²) >= 11 is 7.90. The first-order valence-electron chi connectivity index (χ1n) is 8.25. The number of rotatable bonds is 2. The fourth-order valence-electron chi connectivity index (χ4n) is 4.51. The van der Waals surface area contributed by atoms with Crippen LogP contribution in [0.15, 0.2) is 29.8 Å². The van der Waals surface area contributed by atoms with Crippen molar-refractivity contribution in [3.63, 3.8) is 0 Å². The largest absolute Gasteiger partial charge is 0.370 e. The number of nitrogens with zero attached hydrogens (tertiary/aromatic N) is 2. The lowest BCUT2D eigenvalue weighted by Gasteiger charge is -2.26. The molecule has 1 aromatic heterocycles. The van der Waals surface area contributed by atoms with E-state index in [-0.39, 0.29) is 29.8 Å². The van der Waals surface area contributed by atoms with E-state index in [1.165, 1.54) is 16.2 Å². The maximum Gasteiger partial charge on any atom is 0.240 e. The van der Waals surface area contributed by atoms with Crippen molar-refractivity contribution in [1.29, 1.82) is 0 Å². The number of amides is 2. The number of benzene rings is 1. The van der Waals surface area contributed by atoms with Crippen LogP contribution >= 0.6 is 22.9 Å². The Morgan fingerprint density at radius 2 is 2.20 bits per heavy atom. The predicted octanol–water partition coefficient (Wildman–Crippen LogP) is 3.52. The Bertz CT molecular complexity index is 900. The van der Waals surface area contributed by atoms with Crippen LogP contribution in [0.3, 0.4) is 0 Å². The summed E-state index contributed by atoms with van der Waals surface area (Å²) in [5.74, 6) is -1.07. The van der Waals surface area contributed by atoms with Gasteiger partial charge in [0.05, 0.1) is 34.3 Å².